The second-order valence-corrected chi connectivity index (χ2v) is 10.3. The molecule has 1 amide bonds. The van der Waals surface area contributed by atoms with E-state index in [2.05, 4.69) is 20.6 Å². The molecule has 2 heterocycles. The molecule has 0 aliphatic heterocycles. The first-order chi connectivity index (χ1) is 18.3. The molecule has 0 bridgehead atoms. The van der Waals surface area contributed by atoms with Crippen LogP contribution < -0.4 is 5.32 Å². The summed E-state index contributed by atoms with van der Waals surface area (Å²) in [4.78, 5) is 13.6. The number of benzene rings is 3. The Balaban J connectivity index is 1.34. The third kappa shape index (κ3) is 4.43. The Labute approximate surface area is 217 Å². The topological polar surface area (TPSA) is 95.8 Å². The summed E-state index contributed by atoms with van der Waals surface area (Å²) in [5, 5.41) is 27.2. The van der Waals surface area contributed by atoms with Crippen molar-refractivity contribution in [3.05, 3.63) is 83.6 Å². The number of nitrogens with one attached hydrogen (secondary N) is 2. The van der Waals surface area contributed by atoms with Gasteiger partial charge in [-0.05, 0) is 68.1 Å². The number of rotatable bonds is 5. The van der Waals surface area contributed by atoms with Crippen LogP contribution in [-0.2, 0) is 13.5 Å². The zero-order valence-corrected chi connectivity index (χ0v) is 20.8. The second-order valence-electron chi connectivity index (χ2n) is 10.3. The molecule has 2 atom stereocenters. The van der Waals surface area contributed by atoms with Crippen LogP contribution in [0.4, 0.5) is 8.78 Å². The van der Waals surface area contributed by atoms with Crippen LogP contribution in [0.5, 0.6) is 0 Å². The number of aliphatic hydroxyl groups excluding tert-OH is 1. The Morgan fingerprint density at radius 3 is 2.79 bits per heavy atom. The van der Waals surface area contributed by atoms with Crippen molar-refractivity contribution < 1.29 is 18.7 Å². The smallest absolute Gasteiger partial charge is 0.251 e. The number of hydrogen-bond acceptors (Lipinski definition) is 4. The first kappa shape index (κ1) is 24.2. The second kappa shape index (κ2) is 9.33. The van der Waals surface area contributed by atoms with Crippen molar-refractivity contribution in [2.45, 2.75) is 43.7 Å². The maximum absolute atomic E-state index is 14.5. The van der Waals surface area contributed by atoms with Gasteiger partial charge in [-0.15, -0.1) is 0 Å². The fraction of sp³-hybridized carbons (Fsp3) is 0.276. The lowest BCUT2D eigenvalue weighted by Crippen LogP contribution is -2.54. The number of H-pyrrole nitrogens is 1. The molecule has 1 aliphatic carbocycles. The Hall–Kier alpha value is -4.11. The maximum atomic E-state index is 14.5. The molecule has 2 aromatic heterocycles. The third-order valence-electron chi connectivity index (χ3n) is 7.49. The molecule has 5 aromatic rings. The quantitative estimate of drug-likeness (QED) is 0.306. The first-order valence-electron chi connectivity index (χ1n) is 12.7. The standard InChI is InChI=1S/C29H27F2N5O2/c1-36-16-19-12-17(7-9-25(19)35-36)27-21-13-18(8-10-26(21)33-34-27)28(38)32-29(11-3-4-20(37)14-29)15-22-23(30)5-2-6-24(22)31/h2,5-10,12-13,16,20,37H,3-4,11,14-15H2,1H3,(H,32,38)(H,33,34)/t20-,29?/m0/s1. The molecule has 0 saturated heterocycles. The number of aromatic nitrogens is 4. The van der Waals surface area contributed by atoms with Gasteiger partial charge in [-0.25, -0.2) is 8.78 Å². The van der Waals surface area contributed by atoms with E-state index in [0.29, 0.717) is 30.5 Å². The summed E-state index contributed by atoms with van der Waals surface area (Å²) in [6.07, 6.45) is 3.18. The highest BCUT2D eigenvalue weighted by molar-refractivity contribution is 6.02. The molecule has 6 rings (SSSR count). The van der Waals surface area contributed by atoms with Crippen LogP contribution in [0.2, 0.25) is 0 Å². The average Bonchev–Trinajstić information content (AvgIpc) is 3.48. The monoisotopic (exact) mass is 515 g/mol. The van der Waals surface area contributed by atoms with E-state index in [4.69, 9.17) is 0 Å². The lowest BCUT2D eigenvalue weighted by Gasteiger charge is -2.40. The Bertz CT molecular complexity index is 1660. The van der Waals surface area contributed by atoms with Gasteiger partial charge in [0.2, 0.25) is 0 Å². The molecule has 1 aliphatic rings. The molecular formula is C29H27F2N5O2. The van der Waals surface area contributed by atoms with E-state index >= 15 is 0 Å². The summed E-state index contributed by atoms with van der Waals surface area (Å²) >= 11 is 0. The van der Waals surface area contributed by atoms with E-state index < -0.39 is 23.3 Å². The van der Waals surface area contributed by atoms with Crippen molar-refractivity contribution in [1.82, 2.24) is 25.3 Å². The van der Waals surface area contributed by atoms with Gasteiger partial charge in [0, 0.05) is 52.7 Å². The number of carbonyl (C=O) groups excluding carboxylic acids is 1. The van der Waals surface area contributed by atoms with E-state index in [1.165, 1.54) is 18.2 Å². The van der Waals surface area contributed by atoms with E-state index in [1.807, 2.05) is 31.4 Å². The molecular weight excluding hydrogens is 488 g/mol. The zero-order valence-electron chi connectivity index (χ0n) is 20.8. The number of aryl methyl sites for hydroxylation is 1. The maximum Gasteiger partial charge on any atom is 0.251 e. The van der Waals surface area contributed by atoms with Gasteiger partial charge in [-0.3, -0.25) is 14.6 Å². The minimum absolute atomic E-state index is 0.0430. The highest BCUT2D eigenvalue weighted by Gasteiger charge is 2.39. The number of nitrogens with zero attached hydrogens (tertiary/aromatic N) is 3. The van der Waals surface area contributed by atoms with Gasteiger partial charge in [-0.2, -0.15) is 10.2 Å². The minimum Gasteiger partial charge on any atom is -0.393 e. The number of halogens is 2. The number of hydrogen-bond donors (Lipinski definition) is 3. The fourth-order valence-corrected chi connectivity index (χ4v) is 5.67. The summed E-state index contributed by atoms with van der Waals surface area (Å²) in [6.45, 7) is 0. The molecule has 194 valence electrons. The number of aliphatic hydroxyl groups is 1. The summed E-state index contributed by atoms with van der Waals surface area (Å²) in [7, 11) is 1.87. The third-order valence-corrected chi connectivity index (χ3v) is 7.49. The molecule has 3 N–H and O–H groups in total. The molecule has 1 unspecified atom stereocenters. The minimum atomic E-state index is -0.975. The molecule has 0 spiro atoms. The number of fused-ring (bicyclic) bond motifs is 2. The van der Waals surface area contributed by atoms with Gasteiger partial charge >= 0.3 is 0 Å². The van der Waals surface area contributed by atoms with Gasteiger partial charge in [0.15, 0.2) is 0 Å². The molecule has 1 saturated carbocycles. The van der Waals surface area contributed by atoms with Crippen molar-refractivity contribution in [3.63, 3.8) is 0 Å². The van der Waals surface area contributed by atoms with E-state index in [1.54, 1.807) is 22.9 Å². The molecule has 1 fully saturated rings. The Morgan fingerprint density at radius 2 is 2.00 bits per heavy atom. The van der Waals surface area contributed by atoms with Crippen LogP contribution in [0.3, 0.4) is 0 Å². The van der Waals surface area contributed by atoms with Gasteiger partial charge in [-0.1, -0.05) is 12.1 Å². The number of aromatic amines is 1. The SMILES string of the molecule is Cn1cc2cc(-c3n[nH]c4ccc(C(=O)NC5(Cc6c(F)cccc6F)CCC[C@H](O)C5)cc34)ccc2n1. The summed E-state index contributed by atoms with van der Waals surface area (Å²) < 4.78 is 30.8. The number of carbonyl (C=O) groups is 1. The van der Waals surface area contributed by atoms with Gasteiger partial charge in [0.05, 0.1) is 22.8 Å². The summed E-state index contributed by atoms with van der Waals surface area (Å²) in [5.41, 5.74) is 2.59. The van der Waals surface area contributed by atoms with Gasteiger partial charge < -0.3 is 10.4 Å². The lowest BCUT2D eigenvalue weighted by atomic mass is 9.75. The van der Waals surface area contributed by atoms with Crippen LogP contribution in [0.1, 0.15) is 41.6 Å². The lowest BCUT2D eigenvalue weighted by molar-refractivity contribution is 0.0600. The van der Waals surface area contributed by atoms with E-state index in [9.17, 15) is 18.7 Å². The van der Waals surface area contributed by atoms with Crippen LogP contribution >= 0.6 is 0 Å². The average molecular weight is 516 g/mol. The van der Waals surface area contributed by atoms with Crippen LogP contribution in [0, 0.1) is 11.6 Å². The van der Waals surface area contributed by atoms with Crippen LogP contribution in [0.25, 0.3) is 33.1 Å². The van der Waals surface area contributed by atoms with Crippen molar-refractivity contribution >= 4 is 27.7 Å². The number of amides is 1. The van der Waals surface area contributed by atoms with Crippen molar-refractivity contribution in [1.29, 1.82) is 0 Å². The van der Waals surface area contributed by atoms with Crippen molar-refractivity contribution in [2.24, 2.45) is 7.05 Å². The summed E-state index contributed by atoms with van der Waals surface area (Å²) in [6, 6.07) is 14.9. The van der Waals surface area contributed by atoms with E-state index in [-0.39, 0.29) is 24.3 Å². The predicted octanol–water partition coefficient (Wildman–Crippen LogP) is 5.04. The van der Waals surface area contributed by atoms with Crippen LogP contribution in [0.15, 0.2) is 60.8 Å². The normalized spacial score (nSPS) is 19.7. The van der Waals surface area contributed by atoms with Crippen molar-refractivity contribution in [3.8, 4) is 11.3 Å². The van der Waals surface area contributed by atoms with Gasteiger partial charge in [0.25, 0.3) is 5.91 Å². The molecule has 3 aromatic carbocycles. The Kier molecular flexibility index (Phi) is 5.95. The van der Waals surface area contributed by atoms with Crippen LogP contribution in [-0.4, -0.2) is 42.6 Å². The molecule has 38 heavy (non-hydrogen) atoms. The molecule has 9 heteroatoms. The van der Waals surface area contributed by atoms with Gasteiger partial charge in [0.1, 0.15) is 11.6 Å². The highest BCUT2D eigenvalue weighted by atomic mass is 19.1. The fourth-order valence-electron chi connectivity index (χ4n) is 5.67. The first-order valence-corrected chi connectivity index (χ1v) is 12.7. The largest absolute Gasteiger partial charge is 0.393 e. The van der Waals surface area contributed by atoms with Crippen molar-refractivity contribution in [2.75, 3.05) is 0 Å². The Morgan fingerprint density at radius 1 is 1.18 bits per heavy atom. The molecule has 7 nitrogen and oxygen atoms in total. The predicted molar refractivity (Wildman–Crippen MR) is 141 cm³/mol. The highest BCUT2D eigenvalue weighted by Crippen LogP contribution is 2.34. The van der Waals surface area contributed by atoms with E-state index in [0.717, 1.165) is 27.4 Å². The molecule has 0 radical (unpaired) electrons. The summed E-state index contributed by atoms with van der Waals surface area (Å²) in [5.74, 6) is -1.69. The zero-order chi connectivity index (χ0) is 26.4.